The minimum absolute atomic E-state index is 0.101. The van der Waals surface area contributed by atoms with Crippen molar-refractivity contribution in [3.63, 3.8) is 0 Å². The molecule has 8 heteroatoms. The van der Waals surface area contributed by atoms with Gasteiger partial charge >= 0.3 is 5.97 Å². The maximum atomic E-state index is 12.8. The van der Waals surface area contributed by atoms with E-state index in [2.05, 4.69) is 25.2 Å². The van der Waals surface area contributed by atoms with Gasteiger partial charge in [0, 0.05) is 34.3 Å². The van der Waals surface area contributed by atoms with Crippen molar-refractivity contribution in [2.75, 3.05) is 13.7 Å². The van der Waals surface area contributed by atoms with E-state index in [0.717, 1.165) is 51.3 Å². The second kappa shape index (κ2) is 12.7. The van der Waals surface area contributed by atoms with Gasteiger partial charge in [-0.2, -0.15) is 5.10 Å². The van der Waals surface area contributed by atoms with E-state index >= 15 is 0 Å². The van der Waals surface area contributed by atoms with Crippen LogP contribution in [-0.2, 0) is 9.53 Å². The van der Waals surface area contributed by atoms with Crippen molar-refractivity contribution in [1.29, 1.82) is 0 Å². The SMILES string of the molecule is COC(=O)CCCCCNC(=O)c1ccccc1Sc1ccc2c(C=Cc3ccccn3)n[nH]c2c1. The van der Waals surface area contributed by atoms with Crippen molar-refractivity contribution in [3.8, 4) is 0 Å². The molecule has 0 radical (unpaired) electrons. The second-order valence-corrected chi connectivity index (χ2v) is 9.26. The van der Waals surface area contributed by atoms with Crippen LogP contribution >= 0.6 is 11.8 Å². The van der Waals surface area contributed by atoms with Crippen LogP contribution in [0.3, 0.4) is 0 Å². The van der Waals surface area contributed by atoms with E-state index in [1.54, 1.807) is 18.0 Å². The lowest BCUT2D eigenvalue weighted by molar-refractivity contribution is -0.140. The van der Waals surface area contributed by atoms with E-state index in [1.165, 1.54) is 7.11 Å². The van der Waals surface area contributed by atoms with Crippen LogP contribution in [0, 0.1) is 0 Å². The number of pyridine rings is 1. The Morgan fingerprint density at radius 3 is 2.72 bits per heavy atom. The molecule has 0 fully saturated rings. The third kappa shape index (κ3) is 6.82. The zero-order valence-electron chi connectivity index (χ0n) is 20.1. The van der Waals surface area contributed by atoms with Gasteiger partial charge in [0.2, 0.25) is 0 Å². The molecule has 0 aliphatic rings. The van der Waals surface area contributed by atoms with Gasteiger partial charge in [-0.25, -0.2) is 0 Å². The molecule has 0 saturated heterocycles. The number of ether oxygens (including phenoxy) is 1. The molecule has 0 unspecified atom stereocenters. The molecular weight excluding hydrogens is 472 g/mol. The van der Waals surface area contributed by atoms with Gasteiger partial charge in [0.1, 0.15) is 0 Å². The standard InChI is InChI=1S/C28H28N4O3S/c1-35-27(33)12-3-2-7-18-30-28(34)23-10-4-5-11-26(23)36-21-14-15-22-24(31-32-25(22)19-21)16-13-20-9-6-8-17-29-20/h4-6,8-11,13-17,19H,2-3,7,12,18H2,1H3,(H,30,34)(H,31,32). The lowest BCUT2D eigenvalue weighted by Gasteiger charge is -2.10. The van der Waals surface area contributed by atoms with Crippen molar-refractivity contribution < 1.29 is 14.3 Å². The average Bonchev–Trinajstić information content (AvgIpc) is 3.32. The predicted molar refractivity (Wildman–Crippen MR) is 143 cm³/mol. The molecule has 2 aromatic carbocycles. The number of hydrogen-bond acceptors (Lipinski definition) is 6. The highest BCUT2D eigenvalue weighted by Crippen LogP contribution is 2.33. The van der Waals surface area contributed by atoms with Crippen LogP contribution in [0.5, 0.6) is 0 Å². The van der Waals surface area contributed by atoms with Crippen LogP contribution in [0.25, 0.3) is 23.1 Å². The van der Waals surface area contributed by atoms with Gasteiger partial charge in [-0.3, -0.25) is 19.7 Å². The fourth-order valence-corrected chi connectivity index (χ4v) is 4.67. The number of fused-ring (bicyclic) bond motifs is 1. The van der Waals surface area contributed by atoms with Crippen molar-refractivity contribution in [1.82, 2.24) is 20.5 Å². The van der Waals surface area contributed by atoms with Crippen molar-refractivity contribution in [3.05, 3.63) is 83.8 Å². The molecule has 2 N–H and O–H groups in total. The van der Waals surface area contributed by atoms with Crippen LogP contribution in [0.15, 0.2) is 76.7 Å². The first-order valence-corrected chi connectivity index (χ1v) is 12.6. The number of nitrogens with one attached hydrogen (secondary N) is 2. The zero-order chi connectivity index (χ0) is 25.2. The van der Waals surface area contributed by atoms with Crippen LogP contribution in [0.4, 0.5) is 0 Å². The van der Waals surface area contributed by atoms with Crippen molar-refractivity contribution >= 4 is 46.7 Å². The Morgan fingerprint density at radius 2 is 1.89 bits per heavy atom. The minimum Gasteiger partial charge on any atom is -0.469 e. The summed E-state index contributed by atoms with van der Waals surface area (Å²) in [5, 5.41) is 11.5. The molecule has 0 bridgehead atoms. The van der Waals surface area contributed by atoms with E-state index in [-0.39, 0.29) is 11.9 Å². The third-order valence-corrected chi connectivity index (χ3v) is 6.66. The quantitative estimate of drug-likeness (QED) is 0.201. The molecule has 0 saturated carbocycles. The molecule has 0 atom stereocenters. The number of hydrogen-bond donors (Lipinski definition) is 2. The maximum absolute atomic E-state index is 12.8. The number of aromatic amines is 1. The highest BCUT2D eigenvalue weighted by molar-refractivity contribution is 7.99. The molecule has 0 spiro atoms. The number of aromatic nitrogens is 3. The largest absolute Gasteiger partial charge is 0.469 e. The smallest absolute Gasteiger partial charge is 0.305 e. The molecule has 7 nitrogen and oxygen atoms in total. The number of nitrogens with zero attached hydrogens (tertiary/aromatic N) is 2. The van der Waals surface area contributed by atoms with Crippen molar-refractivity contribution in [2.45, 2.75) is 35.5 Å². The second-order valence-electron chi connectivity index (χ2n) is 8.15. The maximum Gasteiger partial charge on any atom is 0.305 e. The molecule has 1 amide bonds. The first-order chi connectivity index (χ1) is 17.6. The van der Waals surface area contributed by atoms with E-state index in [0.29, 0.717) is 18.5 Å². The predicted octanol–water partition coefficient (Wildman–Crippen LogP) is 5.74. The summed E-state index contributed by atoms with van der Waals surface area (Å²) in [5.74, 6) is -0.300. The number of amides is 1. The van der Waals surface area contributed by atoms with Crippen LogP contribution in [0.2, 0.25) is 0 Å². The van der Waals surface area contributed by atoms with Crippen LogP contribution in [0.1, 0.15) is 47.4 Å². The summed E-state index contributed by atoms with van der Waals surface area (Å²) >= 11 is 1.54. The lowest BCUT2D eigenvalue weighted by atomic mass is 10.2. The summed E-state index contributed by atoms with van der Waals surface area (Å²) in [4.78, 5) is 30.2. The molecule has 184 valence electrons. The van der Waals surface area contributed by atoms with Crippen LogP contribution < -0.4 is 5.32 Å². The molecule has 4 aromatic rings. The number of benzene rings is 2. The van der Waals surface area contributed by atoms with E-state index in [4.69, 9.17) is 0 Å². The average molecular weight is 501 g/mol. The molecule has 0 aliphatic carbocycles. The molecule has 2 heterocycles. The molecule has 4 rings (SSSR count). The number of H-pyrrole nitrogens is 1. The Kier molecular flexibility index (Phi) is 8.88. The van der Waals surface area contributed by atoms with Gasteiger partial charge in [-0.1, -0.05) is 36.4 Å². The van der Waals surface area contributed by atoms with Gasteiger partial charge in [-0.15, -0.1) is 0 Å². The van der Waals surface area contributed by atoms with Gasteiger partial charge in [0.05, 0.1) is 29.6 Å². The molecular formula is C28H28N4O3S. The lowest BCUT2D eigenvalue weighted by Crippen LogP contribution is -2.25. The van der Waals surface area contributed by atoms with E-state index < -0.39 is 0 Å². The Morgan fingerprint density at radius 1 is 1.03 bits per heavy atom. The summed E-state index contributed by atoms with van der Waals surface area (Å²) in [5.41, 5.74) is 3.28. The summed E-state index contributed by atoms with van der Waals surface area (Å²) in [6, 6.07) is 19.5. The number of carbonyl (C=O) groups excluding carboxylic acids is 2. The highest BCUT2D eigenvalue weighted by Gasteiger charge is 2.13. The number of esters is 1. The molecule has 0 aliphatic heterocycles. The topological polar surface area (TPSA) is 97.0 Å². The summed E-state index contributed by atoms with van der Waals surface area (Å²) in [6.45, 7) is 0.563. The number of unbranched alkanes of at least 4 members (excludes halogenated alkanes) is 2. The summed E-state index contributed by atoms with van der Waals surface area (Å²) in [7, 11) is 1.39. The number of methoxy groups -OCH3 is 1. The first-order valence-electron chi connectivity index (χ1n) is 11.8. The van der Waals surface area contributed by atoms with Crippen LogP contribution in [-0.4, -0.2) is 40.7 Å². The summed E-state index contributed by atoms with van der Waals surface area (Å²) in [6.07, 6.45) is 8.48. The molecule has 2 aromatic heterocycles. The monoisotopic (exact) mass is 500 g/mol. The normalized spacial score (nSPS) is 11.1. The van der Waals surface area contributed by atoms with E-state index in [9.17, 15) is 9.59 Å². The molecule has 36 heavy (non-hydrogen) atoms. The van der Waals surface area contributed by atoms with Gasteiger partial charge in [0.25, 0.3) is 5.91 Å². The van der Waals surface area contributed by atoms with Gasteiger partial charge in [0.15, 0.2) is 0 Å². The first kappa shape index (κ1) is 25.2. The number of carbonyl (C=O) groups is 2. The Balaban J connectivity index is 1.38. The Bertz CT molecular complexity index is 1350. The summed E-state index contributed by atoms with van der Waals surface area (Å²) < 4.78 is 4.65. The minimum atomic E-state index is -0.199. The van der Waals surface area contributed by atoms with E-state index in [1.807, 2.05) is 72.8 Å². The van der Waals surface area contributed by atoms with Gasteiger partial charge in [-0.05, 0) is 67.5 Å². The zero-order valence-corrected chi connectivity index (χ0v) is 20.9. The Labute approximate surface area is 214 Å². The third-order valence-electron chi connectivity index (χ3n) is 5.59. The Hall–Kier alpha value is -3.91. The van der Waals surface area contributed by atoms with Crippen molar-refractivity contribution in [2.24, 2.45) is 0 Å². The number of rotatable bonds is 11. The highest BCUT2D eigenvalue weighted by atomic mass is 32.2. The fraction of sp³-hybridized carbons (Fsp3) is 0.214. The fourth-order valence-electron chi connectivity index (χ4n) is 3.69. The van der Waals surface area contributed by atoms with Gasteiger partial charge < -0.3 is 10.1 Å².